The van der Waals surface area contributed by atoms with Crippen LogP contribution in [0.5, 0.6) is 11.5 Å². The van der Waals surface area contributed by atoms with Crippen molar-refractivity contribution in [2.45, 2.75) is 0 Å². The number of fused-ring (bicyclic) bond motifs is 1. The van der Waals surface area contributed by atoms with E-state index < -0.39 is 0 Å². The lowest BCUT2D eigenvalue weighted by Crippen LogP contribution is -2.13. The Bertz CT molecular complexity index is 816. The number of benzene rings is 2. The summed E-state index contributed by atoms with van der Waals surface area (Å²) in [5.41, 5.74) is 0.911. The number of carbonyl (C=O) groups is 1. The largest absolute Gasteiger partial charge is 0.504 e. The van der Waals surface area contributed by atoms with E-state index in [1.807, 2.05) is 18.2 Å². The maximum absolute atomic E-state index is 12.1. The van der Waals surface area contributed by atoms with Gasteiger partial charge in [0, 0.05) is 17.3 Å². The quantitative estimate of drug-likeness (QED) is 0.630. The molecule has 1 amide bonds. The Hall–Kier alpha value is -3.08. The average Bonchev–Trinajstić information content (AvgIpc) is 2.51. The number of phenols is 2. The number of nitrogens with one attached hydrogen (secondary N) is 1. The summed E-state index contributed by atoms with van der Waals surface area (Å²) in [6.07, 6.45) is 1.37. The molecule has 0 spiro atoms. The van der Waals surface area contributed by atoms with Crippen molar-refractivity contribution in [3.8, 4) is 11.5 Å². The van der Waals surface area contributed by atoms with Crippen LogP contribution in [0.1, 0.15) is 10.5 Å². The number of phenolic OH excluding ortho intramolecular Hbond substituents is 2. The second-order valence-corrected chi connectivity index (χ2v) is 4.54. The summed E-state index contributed by atoms with van der Waals surface area (Å²) in [6, 6.07) is 13.6. The molecule has 3 aromatic rings. The molecule has 3 rings (SSSR count). The van der Waals surface area contributed by atoms with Crippen molar-refractivity contribution in [1.29, 1.82) is 0 Å². The van der Waals surface area contributed by atoms with Crippen molar-refractivity contribution in [2.75, 3.05) is 5.32 Å². The number of aromatic hydroxyl groups is 2. The van der Waals surface area contributed by atoms with E-state index in [2.05, 4.69) is 10.3 Å². The van der Waals surface area contributed by atoms with Crippen molar-refractivity contribution >= 4 is 22.4 Å². The topological polar surface area (TPSA) is 82.5 Å². The van der Waals surface area contributed by atoms with E-state index in [1.165, 1.54) is 12.3 Å². The third-order valence-electron chi connectivity index (χ3n) is 3.12. The lowest BCUT2D eigenvalue weighted by Gasteiger charge is -2.07. The zero-order chi connectivity index (χ0) is 14.8. The van der Waals surface area contributed by atoms with E-state index in [1.54, 1.807) is 24.3 Å². The van der Waals surface area contributed by atoms with Crippen molar-refractivity contribution in [2.24, 2.45) is 0 Å². The Kier molecular flexibility index (Phi) is 3.16. The van der Waals surface area contributed by atoms with Gasteiger partial charge < -0.3 is 15.5 Å². The summed E-state index contributed by atoms with van der Waals surface area (Å²) in [5, 5.41) is 22.9. The van der Waals surface area contributed by atoms with Gasteiger partial charge in [0.05, 0.1) is 0 Å². The molecule has 0 atom stereocenters. The fourth-order valence-electron chi connectivity index (χ4n) is 2.03. The first kappa shape index (κ1) is 12.9. The number of hydrogen-bond acceptors (Lipinski definition) is 4. The number of nitrogens with zero attached hydrogens (tertiary/aromatic N) is 1. The predicted octanol–water partition coefficient (Wildman–Crippen LogP) is 2.90. The smallest absolute Gasteiger partial charge is 0.274 e. The number of hydrogen-bond donors (Lipinski definition) is 3. The highest BCUT2D eigenvalue weighted by Gasteiger charge is 2.11. The molecule has 3 N–H and O–H groups in total. The molecule has 5 heteroatoms. The Morgan fingerprint density at radius 1 is 1.05 bits per heavy atom. The van der Waals surface area contributed by atoms with Crippen molar-refractivity contribution in [1.82, 2.24) is 4.98 Å². The summed E-state index contributed by atoms with van der Waals surface area (Å²) < 4.78 is 0. The average molecular weight is 280 g/mol. The molecular weight excluding hydrogens is 268 g/mol. The molecule has 0 fully saturated rings. The van der Waals surface area contributed by atoms with Gasteiger partial charge in [-0.05, 0) is 29.7 Å². The first-order valence-electron chi connectivity index (χ1n) is 6.32. The van der Waals surface area contributed by atoms with Gasteiger partial charge in [0.1, 0.15) is 5.69 Å². The van der Waals surface area contributed by atoms with E-state index >= 15 is 0 Å². The molecular formula is C16H12N2O3. The molecule has 1 heterocycles. The van der Waals surface area contributed by atoms with Crippen LogP contribution < -0.4 is 5.32 Å². The van der Waals surface area contributed by atoms with Gasteiger partial charge in [-0.2, -0.15) is 0 Å². The molecule has 0 saturated carbocycles. The number of pyridine rings is 1. The van der Waals surface area contributed by atoms with Crippen LogP contribution in [0.3, 0.4) is 0 Å². The van der Waals surface area contributed by atoms with Gasteiger partial charge in [-0.15, -0.1) is 0 Å². The standard InChI is InChI=1S/C16H12N2O3/c19-14-7-6-10-8-13(17-9-12(10)15(14)20)16(21)18-11-4-2-1-3-5-11/h1-9,19-20H,(H,18,21). The number of anilines is 1. The minimum atomic E-state index is -0.337. The van der Waals surface area contributed by atoms with Crippen LogP contribution in [0.15, 0.2) is 54.7 Å². The molecule has 2 aromatic carbocycles. The second-order valence-electron chi connectivity index (χ2n) is 4.54. The van der Waals surface area contributed by atoms with Gasteiger partial charge in [0.25, 0.3) is 5.91 Å². The zero-order valence-corrected chi connectivity index (χ0v) is 10.9. The minimum absolute atomic E-state index is 0.217. The van der Waals surface area contributed by atoms with Gasteiger partial charge in [0.15, 0.2) is 11.5 Å². The van der Waals surface area contributed by atoms with Crippen LogP contribution >= 0.6 is 0 Å². The number of amides is 1. The fourth-order valence-corrected chi connectivity index (χ4v) is 2.03. The van der Waals surface area contributed by atoms with Gasteiger partial charge in [-0.25, -0.2) is 0 Å². The van der Waals surface area contributed by atoms with Crippen LogP contribution in [0, 0.1) is 0 Å². The molecule has 0 unspecified atom stereocenters. The molecule has 21 heavy (non-hydrogen) atoms. The maximum Gasteiger partial charge on any atom is 0.274 e. The Morgan fingerprint density at radius 2 is 1.81 bits per heavy atom. The summed E-state index contributed by atoms with van der Waals surface area (Å²) >= 11 is 0. The first-order chi connectivity index (χ1) is 10.1. The molecule has 104 valence electrons. The Labute approximate surface area is 120 Å². The molecule has 5 nitrogen and oxygen atoms in total. The number of rotatable bonds is 2. The third kappa shape index (κ3) is 2.49. The van der Waals surface area contributed by atoms with Crippen LogP contribution in [0.4, 0.5) is 5.69 Å². The van der Waals surface area contributed by atoms with E-state index in [-0.39, 0.29) is 23.1 Å². The molecule has 0 bridgehead atoms. The molecule has 1 aromatic heterocycles. The van der Waals surface area contributed by atoms with Crippen LogP contribution in [0.2, 0.25) is 0 Å². The highest BCUT2D eigenvalue weighted by atomic mass is 16.3. The predicted molar refractivity (Wildman–Crippen MR) is 79.5 cm³/mol. The number of aromatic nitrogens is 1. The maximum atomic E-state index is 12.1. The van der Waals surface area contributed by atoms with Crippen molar-refractivity contribution in [3.05, 3.63) is 60.4 Å². The molecule has 0 saturated heterocycles. The molecule has 0 aliphatic heterocycles. The van der Waals surface area contributed by atoms with E-state index in [9.17, 15) is 15.0 Å². The highest BCUT2D eigenvalue weighted by molar-refractivity contribution is 6.05. The van der Waals surface area contributed by atoms with Crippen molar-refractivity contribution in [3.63, 3.8) is 0 Å². The highest BCUT2D eigenvalue weighted by Crippen LogP contribution is 2.33. The van der Waals surface area contributed by atoms with Crippen LogP contribution in [-0.2, 0) is 0 Å². The third-order valence-corrected chi connectivity index (χ3v) is 3.12. The number of carbonyl (C=O) groups excluding carboxylic acids is 1. The monoisotopic (exact) mass is 280 g/mol. The fraction of sp³-hybridized carbons (Fsp3) is 0. The normalized spacial score (nSPS) is 10.5. The van der Waals surface area contributed by atoms with E-state index in [0.717, 1.165) is 0 Å². The lowest BCUT2D eigenvalue weighted by atomic mass is 10.1. The Balaban J connectivity index is 1.94. The van der Waals surface area contributed by atoms with Gasteiger partial charge in [-0.1, -0.05) is 24.3 Å². The van der Waals surface area contributed by atoms with Gasteiger partial charge >= 0.3 is 0 Å². The van der Waals surface area contributed by atoms with Crippen LogP contribution in [-0.4, -0.2) is 21.1 Å². The van der Waals surface area contributed by atoms with Gasteiger partial charge in [-0.3, -0.25) is 9.78 Å². The van der Waals surface area contributed by atoms with Crippen molar-refractivity contribution < 1.29 is 15.0 Å². The van der Waals surface area contributed by atoms with E-state index in [4.69, 9.17) is 0 Å². The SMILES string of the molecule is O=C(Nc1ccccc1)c1cc2ccc(O)c(O)c2cn1. The van der Waals surface area contributed by atoms with E-state index in [0.29, 0.717) is 16.5 Å². The molecule has 0 aliphatic rings. The number of para-hydroxylation sites is 1. The molecule has 0 aliphatic carbocycles. The summed E-state index contributed by atoms with van der Waals surface area (Å²) in [6.45, 7) is 0. The minimum Gasteiger partial charge on any atom is -0.504 e. The Morgan fingerprint density at radius 3 is 2.57 bits per heavy atom. The van der Waals surface area contributed by atoms with Crippen LogP contribution in [0.25, 0.3) is 10.8 Å². The lowest BCUT2D eigenvalue weighted by molar-refractivity contribution is 0.102. The van der Waals surface area contributed by atoms with Gasteiger partial charge in [0.2, 0.25) is 0 Å². The summed E-state index contributed by atoms with van der Waals surface area (Å²) in [7, 11) is 0. The first-order valence-corrected chi connectivity index (χ1v) is 6.32. The summed E-state index contributed by atoms with van der Waals surface area (Å²) in [4.78, 5) is 16.1. The second kappa shape index (κ2) is 5.13. The summed E-state index contributed by atoms with van der Waals surface area (Å²) in [5.74, 6) is -0.795. The molecule has 0 radical (unpaired) electrons. The zero-order valence-electron chi connectivity index (χ0n) is 10.9.